The van der Waals surface area contributed by atoms with Gasteiger partial charge in [0.25, 0.3) is 0 Å². The fraction of sp³-hybridized carbons (Fsp3) is 0.526. The highest BCUT2D eigenvalue weighted by atomic mass is 35.5. The fourth-order valence-electron chi connectivity index (χ4n) is 5.18. The maximum atomic E-state index is 12.3. The van der Waals surface area contributed by atoms with Gasteiger partial charge in [0.15, 0.2) is 0 Å². The molecule has 122 valence electrons. The average molecular weight is 350 g/mol. The van der Waals surface area contributed by atoms with Gasteiger partial charge in [0, 0.05) is 22.2 Å². The molecule has 0 spiro atoms. The number of amides is 1. The lowest BCUT2D eigenvalue weighted by atomic mass is 9.54. The van der Waals surface area contributed by atoms with E-state index < -0.39 is 0 Å². The van der Waals surface area contributed by atoms with E-state index >= 15 is 0 Å². The van der Waals surface area contributed by atoms with Crippen LogP contribution >= 0.6 is 23.2 Å². The maximum Gasteiger partial charge on any atom is 0.244 e. The lowest BCUT2D eigenvalue weighted by Gasteiger charge is -2.54. The molecule has 0 atom stereocenters. The second kappa shape index (κ2) is 6.14. The van der Waals surface area contributed by atoms with Crippen molar-refractivity contribution in [2.24, 2.45) is 23.7 Å². The third kappa shape index (κ3) is 3.16. The Kier molecular flexibility index (Phi) is 4.15. The van der Waals surface area contributed by atoms with Gasteiger partial charge in [-0.1, -0.05) is 29.3 Å². The topological polar surface area (TPSA) is 29.1 Å². The number of rotatable bonds is 3. The molecule has 0 saturated heterocycles. The SMILES string of the molecule is O=C(/C=C/c1ccc(Cl)cc1Cl)NC1C2CC3CC(C2)CC1C3. The molecule has 0 unspecified atom stereocenters. The van der Waals surface area contributed by atoms with Crippen LogP contribution in [0.4, 0.5) is 0 Å². The van der Waals surface area contributed by atoms with Crippen LogP contribution in [0, 0.1) is 23.7 Å². The van der Waals surface area contributed by atoms with Crippen LogP contribution in [0.1, 0.15) is 37.7 Å². The second-order valence-electron chi connectivity index (χ2n) is 7.46. The van der Waals surface area contributed by atoms with Crippen molar-refractivity contribution in [3.8, 4) is 0 Å². The maximum absolute atomic E-state index is 12.3. The van der Waals surface area contributed by atoms with Crippen molar-refractivity contribution in [1.82, 2.24) is 5.32 Å². The minimum atomic E-state index is -0.00603. The first-order chi connectivity index (χ1) is 11.1. The van der Waals surface area contributed by atoms with Gasteiger partial charge in [-0.2, -0.15) is 0 Å². The third-order valence-corrected chi connectivity index (χ3v) is 6.47. The van der Waals surface area contributed by atoms with Crippen molar-refractivity contribution in [2.75, 3.05) is 0 Å². The monoisotopic (exact) mass is 349 g/mol. The lowest BCUT2D eigenvalue weighted by molar-refractivity contribution is -0.120. The zero-order valence-electron chi connectivity index (χ0n) is 13.0. The molecule has 1 aromatic rings. The molecule has 2 nitrogen and oxygen atoms in total. The summed E-state index contributed by atoms with van der Waals surface area (Å²) in [5, 5.41) is 4.44. The van der Waals surface area contributed by atoms with Crippen LogP contribution in [0.3, 0.4) is 0 Å². The van der Waals surface area contributed by atoms with Gasteiger partial charge in [0.05, 0.1) is 0 Å². The van der Waals surface area contributed by atoms with Gasteiger partial charge in [-0.3, -0.25) is 4.79 Å². The van der Waals surface area contributed by atoms with E-state index in [9.17, 15) is 4.79 Å². The van der Waals surface area contributed by atoms with Crippen LogP contribution in [0.15, 0.2) is 24.3 Å². The minimum absolute atomic E-state index is 0.00603. The highest BCUT2D eigenvalue weighted by Gasteiger charge is 2.48. The summed E-state index contributed by atoms with van der Waals surface area (Å²) in [6.07, 6.45) is 10.0. The number of nitrogens with one attached hydrogen (secondary N) is 1. The van der Waals surface area contributed by atoms with Crippen molar-refractivity contribution in [3.63, 3.8) is 0 Å². The van der Waals surface area contributed by atoms with Crippen LogP contribution in [0.2, 0.25) is 10.0 Å². The van der Waals surface area contributed by atoms with E-state index in [1.54, 1.807) is 24.3 Å². The predicted octanol–water partition coefficient (Wildman–Crippen LogP) is 4.95. The van der Waals surface area contributed by atoms with Gasteiger partial charge in [0.1, 0.15) is 0 Å². The first kappa shape index (κ1) is 15.5. The van der Waals surface area contributed by atoms with E-state index in [1.165, 1.54) is 32.1 Å². The smallest absolute Gasteiger partial charge is 0.244 e. The molecule has 1 aromatic carbocycles. The molecule has 23 heavy (non-hydrogen) atoms. The van der Waals surface area contributed by atoms with Gasteiger partial charge < -0.3 is 5.32 Å². The summed E-state index contributed by atoms with van der Waals surface area (Å²) in [6.45, 7) is 0. The van der Waals surface area contributed by atoms with E-state index in [2.05, 4.69) is 5.32 Å². The summed E-state index contributed by atoms with van der Waals surface area (Å²) in [5.74, 6) is 3.24. The summed E-state index contributed by atoms with van der Waals surface area (Å²) in [6, 6.07) is 5.68. The fourth-order valence-corrected chi connectivity index (χ4v) is 5.65. The highest BCUT2D eigenvalue weighted by molar-refractivity contribution is 6.35. The summed E-state index contributed by atoms with van der Waals surface area (Å²) in [5.41, 5.74) is 0.816. The Labute approximate surface area is 147 Å². The number of hydrogen-bond acceptors (Lipinski definition) is 1. The molecule has 0 aliphatic heterocycles. The third-order valence-electron chi connectivity index (χ3n) is 5.91. The second-order valence-corrected chi connectivity index (χ2v) is 8.31. The van der Waals surface area contributed by atoms with Crippen molar-refractivity contribution >= 4 is 35.2 Å². The van der Waals surface area contributed by atoms with E-state index in [-0.39, 0.29) is 5.91 Å². The Balaban J connectivity index is 1.41. The zero-order chi connectivity index (χ0) is 16.0. The van der Waals surface area contributed by atoms with E-state index in [4.69, 9.17) is 23.2 Å². The molecule has 0 radical (unpaired) electrons. The Morgan fingerprint density at radius 3 is 2.30 bits per heavy atom. The Morgan fingerprint density at radius 2 is 1.70 bits per heavy atom. The quantitative estimate of drug-likeness (QED) is 0.768. The van der Waals surface area contributed by atoms with E-state index in [1.807, 2.05) is 6.07 Å². The van der Waals surface area contributed by atoms with Gasteiger partial charge in [-0.15, -0.1) is 0 Å². The molecule has 4 saturated carbocycles. The molecular weight excluding hydrogens is 329 g/mol. The molecule has 0 aromatic heterocycles. The standard InChI is InChI=1S/C19H21Cl2NO/c20-16-3-1-13(17(21)10-16)2-4-18(23)22-19-14-6-11-5-12(8-14)9-15(19)7-11/h1-4,10-12,14-15,19H,5-9H2,(H,22,23)/b4-2+. The van der Waals surface area contributed by atoms with Crippen LogP contribution in [0.5, 0.6) is 0 Å². The molecular formula is C19H21Cl2NO. The molecule has 4 heteroatoms. The largest absolute Gasteiger partial charge is 0.349 e. The van der Waals surface area contributed by atoms with Crippen LogP contribution < -0.4 is 5.32 Å². The average Bonchev–Trinajstić information content (AvgIpc) is 2.49. The molecule has 4 fully saturated rings. The molecule has 1 N–H and O–H groups in total. The highest BCUT2D eigenvalue weighted by Crippen LogP contribution is 2.53. The number of benzene rings is 1. The van der Waals surface area contributed by atoms with Crippen molar-refractivity contribution < 1.29 is 4.79 Å². The molecule has 1 amide bonds. The molecule has 0 heterocycles. The molecule has 4 aliphatic rings. The predicted molar refractivity (Wildman–Crippen MR) is 94.5 cm³/mol. The van der Waals surface area contributed by atoms with Crippen molar-refractivity contribution in [2.45, 2.75) is 38.1 Å². The van der Waals surface area contributed by atoms with Crippen LogP contribution in [-0.4, -0.2) is 11.9 Å². The summed E-state index contributed by atoms with van der Waals surface area (Å²) in [4.78, 5) is 12.3. The minimum Gasteiger partial charge on any atom is -0.349 e. The zero-order valence-corrected chi connectivity index (χ0v) is 14.5. The van der Waals surface area contributed by atoms with Gasteiger partial charge in [0.2, 0.25) is 5.91 Å². The van der Waals surface area contributed by atoms with E-state index in [0.717, 1.165) is 17.4 Å². The number of halogens is 2. The summed E-state index contributed by atoms with van der Waals surface area (Å²) >= 11 is 12.0. The Morgan fingerprint density at radius 1 is 1.04 bits per heavy atom. The first-order valence-corrected chi connectivity index (χ1v) is 9.27. The number of hydrogen-bond donors (Lipinski definition) is 1. The molecule has 4 aliphatic carbocycles. The number of carbonyl (C=O) groups is 1. The van der Waals surface area contributed by atoms with Gasteiger partial charge >= 0.3 is 0 Å². The summed E-state index contributed by atoms with van der Waals surface area (Å²) < 4.78 is 0. The Bertz CT molecular complexity index is 627. The van der Waals surface area contributed by atoms with Crippen LogP contribution in [-0.2, 0) is 4.79 Å². The van der Waals surface area contributed by atoms with E-state index in [0.29, 0.717) is 27.9 Å². The normalized spacial score (nSPS) is 35.0. The number of carbonyl (C=O) groups excluding carboxylic acids is 1. The Hall–Kier alpha value is -0.990. The van der Waals surface area contributed by atoms with Crippen molar-refractivity contribution in [1.29, 1.82) is 0 Å². The van der Waals surface area contributed by atoms with Gasteiger partial charge in [-0.25, -0.2) is 0 Å². The molecule has 4 bridgehead atoms. The van der Waals surface area contributed by atoms with Crippen LogP contribution in [0.25, 0.3) is 6.08 Å². The van der Waals surface area contributed by atoms with Crippen molar-refractivity contribution in [3.05, 3.63) is 39.9 Å². The lowest BCUT2D eigenvalue weighted by Crippen LogP contribution is -2.55. The van der Waals surface area contributed by atoms with Gasteiger partial charge in [-0.05, 0) is 79.5 Å². The first-order valence-electron chi connectivity index (χ1n) is 8.52. The summed E-state index contributed by atoms with van der Waals surface area (Å²) in [7, 11) is 0. The molecule has 5 rings (SSSR count).